The van der Waals surface area contributed by atoms with Gasteiger partial charge >= 0.3 is 6.03 Å². The van der Waals surface area contributed by atoms with E-state index < -0.39 is 12.1 Å². The summed E-state index contributed by atoms with van der Waals surface area (Å²) in [5.74, 6) is -0.111. The highest BCUT2D eigenvalue weighted by molar-refractivity contribution is 6.04. The van der Waals surface area contributed by atoms with Gasteiger partial charge in [-0.15, -0.1) is 0 Å². The lowest BCUT2D eigenvalue weighted by molar-refractivity contribution is -0.127. The van der Waals surface area contributed by atoms with E-state index in [1.165, 1.54) is 18.2 Å². The molecule has 9 nitrogen and oxygen atoms in total. The van der Waals surface area contributed by atoms with Gasteiger partial charge in [0.05, 0.1) is 19.0 Å². The van der Waals surface area contributed by atoms with Crippen molar-refractivity contribution < 1.29 is 19.1 Å². The van der Waals surface area contributed by atoms with E-state index in [-0.39, 0.29) is 31.2 Å². The number of rotatable bonds is 8. The lowest BCUT2D eigenvalue weighted by Crippen LogP contribution is -2.33. The average Bonchev–Trinajstić information content (AvgIpc) is 3.31. The minimum absolute atomic E-state index is 0.0962. The summed E-state index contributed by atoms with van der Waals surface area (Å²) in [6, 6.07) is 10.1. The largest absolute Gasteiger partial charge is 0.481 e. The molecule has 0 aliphatic carbocycles. The van der Waals surface area contributed by atoms with Crippen molar-refractivity contribution >= 4 is 34.4 Å². The van der Waals surface area contributed by atoms with Gasteiger partial charge < -0.3 is 20.4 Å². The van der Waals surface area contributed by atoms with Crippen molar-refractivity contribution in [1.29, 1.82) is 0 Å². The molecular formula is C22H23N5O4. The third kappa shape index (κ3) is 4.50. The average molecular weight is 421 g/mol. The van der Waals surface area contributed by atoms with E-state index in [1.807, 2.05) is 30.5 Å². The Morgan fingerprint density at radius 1 is 1.23 bits per heavy atom. The van der Waals surface area contributed by atoms with Crippen molar-refractivity contribution in [3.05, 3.63) is 54.4 Å². The highest BCUT2D eigenvalue weighted by atomic mass is 16.5. The van der Waals surface area contributed by atoms with E-state index in [2.05, 4.69) is 20.6 Å². The molecule has 4 rings (SSSR count). The maximum absolute atomic E-state index is 12.7. The van der Waals surface area contributed by atoms with E-state index >= 15 is 0 Å². The van der Waals surface area contributed by atoms with Crippen LogP contribution in [-0.2, 0) is 16.0 Å². The second-order valence-corrected chi connectivity index (χ2v) is 7.28. The van der Waals surface area contributed by atoms with Crippen molar-refractivity contribution in [2.45, 2.75) is 25.3 Å². The summed E-state index contributed by atoms with van der Waals surface area (Å²) >= 11 is 0. The van der Waals surface area contributed by atoms with Crippen molar-refractivity contribution in [3.8, 4) is 5.88 Å². The Balaban J connectivity index is 1.29. The van der Waals surface area contributed by atoms with Crippen LogP contribution in [0.2, 0.25) is 0 Å². The van der Waals surface area contributed by atoms with Crippen LogP contribution in [0.3, 0.4) is 0 Å². The van der Waals surface area contributed by atoms with Crippen LogP contribution in [0.4, 0.5) is 10.5 Å². The number of ether oxygens (including phenoxy) is 1. The number of carbonyl (C=O) groups excluding carboxylic acids is 3. The molecule has 160 valence electrons. The highest BCUT2D eigenvalue weighted by Crippen LogP contribution is 2.20. The standard InChI is InChI=1S/C22H23N5O4/c1-31-20-9-6-15(13-24-20)25-19(28)8-7-18-21(29)27(22(30)26-18)11-10-14-12-23-17-5-3-2-4-16(14)17/h2-6,9,12-13,18,23H,7-8,10-11H2,1H3,(H,25,28)(H,26,30)/t18-/m0/s1. The van der Waals surface area contributed by atoms with E-state index in [9.17, 15) is 14.4 Å². The number of para-hydroxylation sites is 1. The van der Waals surface area contributed by atoms with Crippen LogP contribution in [0.1, 0.15) is 18.4 Å². The monoisotopic (exact) mass is 421 g/mol. The summed E-state index contributed by atoms with van der Waals surface area (Å²) in [5, 5.41) is 6.47. The number of hydrogen-bond donors (Lipinski definition) is 3. The second-order valence-electron chi connectivity index (χ2n) is 7.28. The molecule has 9 heteroatoms. The van der Waals surface area contributed by atoms with Crippen molar-refractivity contribution in [2.75, 3.05) is 19.0 Å². The lowest BCUT2D eigenvalue weighted by atomic mass is 10.1. The number of benzene rings is 1. The molecule has 0 radical (unpaired) electrons. The molecule has 1 atom stereocenters. The van der Waals surface area contributed by atoms with Crippen molar-refractivity contribution in [1.82, 2.24) is 20.2 Å². The molecule has 4 amide bonds. The van der Waals surface area contributed by atoms with Crippen LogP contribution in [0.25, 0.3) is 10.9 Å². The number of hydrogen-bond acceptors (Lipinski definition) is 5. The number of amides is 4. The second kappa shape index (κ2) is 8.86. The van der Waals surface area contributed by atoms with Gasteiger partial charge in [0.2, 0.25) is 11.8 Å². The number of aromatic amines is 1. The number of urea groups is 1. The quantitative estimate of drug-likeness (QED) is 0.483. The Labute approximate surface area is 178 Å². The molecule has 1 aliphatic rings. The van der Waals surface area contributed by atoms with Crippen LogP contribution in [0.5, 0.6) is 5.88 Å². The summed E-state index contributed by atoms with van der Waals surface area (Å²) in [5.41, 5.74) is 2.60. The van der Waals surface area contributed by atoms with Gasteiger partial charge in [-0.05, 0) is 30.5 Å². The molecule has 1 aliphatic heterocycles. The van der Waals surface area contributed by atoms with Gasteiger partial charge in [-0.25, -0.2) is 9.78 Å². The zero-order chi connectivity index (χ0) is 21.8. The molecule has 0 unspecified atom stereocenters. The van der Waals surface area contributed by atoms with Crippen molar-refractivity contribution in [3.63, 3.8) is 0 Å². The first-order valence-electron chi connectivity index (χ1n) is 10.0. The SMILES string of the molecule is COc1ccc(NC(=O)CC[C@@H]2NC(=O)N(CCc3c[nH]c4ccccc34)C2=O)cn1. The Morgan fingerprint density at radius 3 is 2.84 bits per heavy atom. The van der Waals surface area contributed by atoms with E-state index in [1.54, 1.807) is 12.1 Å². The number of imide groups is 1. The van der Waals surface area contributed by atoms with Crippen molar-refractivity contribution in [2.24, 2.45) is 0 Å². The molecular weight excluding hydrogens is 398 g/mol. The third-order valence-electron chi connectivity index (χ3n) is 5.28. The van der Waals surface area contributed by atoms with E-state index in [0.717, 1.165) is 16.5 Å². The topological polar surface area (TPSA) is 116 Å². The molecule has 1 fully saturated rings. The number of H-pyrrole nitrogens is 1. The fourth-order valence-corrected chi connectivity index (χ4v) is 3.63. The molecule has 31 heavy (non-hydrogen) atoms. The first kappa shape index (κ1) is 20.4. The number of methoxy groups -OCH3 is 1. The Kier molecular flexibility index (Phi) is 5.83. The van der Waals surface area contributed by atoms with Gasteiger partial charge in [-0.2, -0.15) is 0 Å². The number of pyridine rings is 1. The first-order chi connectivity index (χ1) is 15.0. The summed E-state index contributed by atoms with van der Waals surface area (Å²) in [6.07, 6.45) is 4.27. The van der Waals surface area contributed by atoms with Crippen LogP contribution >= 0.6 is 0 Å². The van der Waals surface area contributed by atoms with Gasteiger partial charge in [-0.1, -0.05) is 18.2 Å². The summed E-state index contributed by atoms with van der Waals surface area (Å²) in [4.78, 5) is 45.6. The summed E-state index contributed by atoms with van der Waals surface area (Å²) in [6.45, 7) is 0.284. The molecule has 2 aromatic heterocycles. The fraction of sp³-hybridized carbons (Fsp3) is 0.273. The summed E-state index contributed by atoms with van der Waals surface area (Å²) in [7, 11) is 1.51. The zero-order valence-corrected chi connectivity index (χ0v) is 17.1. The molecule has 0 saturated carbocycles. The molecule has 0 spiro atoms. The normalized spacial score (nSPS) is 15.9. The minimum Gasteiger partial charge on any atom is -0.481 e. The van der Waals surface area contributed by atoms with Gasteiger partial charge in [0.25, 0.3) is 5.91 Å². The van der Waals surface area contributed by atoms with E-state index in [0.29, 0.717) is 18.0 Å². The zero-order valence-electron chi connectivity index (χ0n) is 17.1. The number of nitrogens with zero attached hydrogens (tertiary/aromatic N) is 2. The smallest absolute Gasteiger partial charge is 0.324 e. The van der Waals surface area contributed by atoms with Crippen LogP contribution in [0, 0.1) is 0 Å². The van der Waals surface area contributed by atoms with Crippen LogP contribution in [-0.4, -0.2) is 52.4 Å². The number of aromatic nitrogens is 2. The Morgan fingerprint density at radius 2 is 2.06 bits per heavy atom. The molecule has 1 saturated heterocycles. The first-order valence-corrected chi connectivity index (χ1v) is 10.0. The molecule has 1 aromatic carbocycles. The van der Waals surface area contributed by atoms with Gasteiger partial charge in [-0.3, -0.25) is 14.5 Å². The predicted octanol–water partition coefficient (Wildman–Crippen LogP) is 2.45. The number of nitrogens with one attached hydrogen (secondary N) is 3. The molecule has 0 bridgehead atoms. The summed E-state index contributed by atoms with van der Waals surface area (Å²) < 4.78 is 4.98. The van der Waals surface area contributed by atoms with E-state index in [4.69, 9.17) is 4.74 Å². The minimum atomic E-state index is -0.699. The number of fused-ring (bicyclic) bond motifs is 1. The molecule has 3 aromatic rings. The maximum atomic E-state index is 12.7. The Bertz CT molecular complexity index is 1110. The van der Waals surface area contributed by atoms with Gasteiger partial charge in [0.15, 0.2) is 0 Å². The lowest BCUT2D eigenvalue weighted by Gasteiger charge is -2.12. The fourth-order valence-electron chi connectivity index (χ4n) is 3.63. The maximum Gasteiger partial charge on any atom is 0.324 e. The third-order valence-corrected chi connectivity index (χ3v) is 5.28. The molecule has 3 heterocycles. The van der Waals surface area contributed by atoms with Gasteiger partial charge in [0, 0.05) is 36.1 Å². The van der Waals surface area contributed by atoms with Crippen LogP contribution in [0.15, 0.2) is 48.8 Å². The number of anilines is 1. The number of carbonyl (C=O) groups is 3. The predicted molar refractivity (Wildman–Crippen MR) is 115 cm³/mol. The van der Waals surface area contributed by atoms with Gasteiger partial charge in [0.1, 0.15) is 6.04 Å². The molecule has 3 N–H and O–H groups in total. The highest BCUT2D eigenvalue weighted by Gasteiger charge is 2.37. The van der Waals surface area contributed by atoms with Crippen LogP contribution < -0.4 is 15.4 Å². The Hall–Kier alpha value is -3.88.